The number of nitro groups is 1. The van der Waals surface area contributed by atoms with Gasteiger partial charge in [0.1, 0.15) is 10.8 Å². The molecular formula is C13H21N3O2S. The average molecular weight is 283 g/mol. The van der Waals surface area contributed by atoms with Crippen molar-refractivity contribution in [3.05, 3.63) is 22.2 Å². The third kappa shape index (κ3) is 5.06. The Kier molecular flexibility index (Phi) is 6.08. The molecule has 0 aromatic carbocycles. The Balaban J connectivity index is 2.95. The standard InChI is InChI=1S/C13H21N3O2S/c1-5-6-14-12-7-11(16(17)18)8-13(15-12)19-10(4)9(2)3/h7-10H,5-6H2,1-4H3,(H,14,15). The van der Waals surface area contributed by atoms with Crippen LogP contribution < -0.4 is 5.32 Å². The zero-order valence-electron chi connectivity index (χ0n) is 11.8. The molecule has 0 aliphatic rings. The molecule has 6 heteroatoms. The lowest BCUT2D eigenvalue weighted by atomic mass is 10.2. The number of nitrogens with zero attached hydrogens (tertiary/aromatic N) is 2. The first-order chi connectivity index (χ1) is 8.93. The average Bonchev–Trinajstić information content (AvgIpc) is 2.35. The number of hydrogen-bond donors (Lipinski definition) is 1. The molecule has 0 saturated heterocycles. The van der Waals surface area contributed by atoms with Crippen LogP contribution in [0.25, 0.3) is 0 Å². The van der Waals surface area contributed by atoms with Crippen LogP contribution in [0.4, 0.5) is 11.5 Å². The van der Waals surface area contributed by atoms with E-state index in [1.807, 2.05) is 6.92 Å². The van der Waals surface area contributed by atoms with E-state index in [1.165, 1.54) is 6.07 Å². The molecular weight excluding hydrogens is 262 g/mol. The van der Waals surface area contributed by atoms with Crippen LogP contribution in [0.15, 0.2) is 17.2 Å². The van der Waals surface area contributed by atoms with Crippen molar-refractivity contribution in [2.45, 2.75) is 44.4 Å². The van der Waals surface area contributed by atoms with Gasteiger partial charge < -0.3 is 5.32 Å². The zero-order valence-corrected chi connectivity index (χ0v) is 12.7. The van der Waals surface area contributed by atoms with Crippen molar-refractivity contribution in [3.63, 3.8) is 0 Å². The molecule has 0 amide bonds. The zero-order chi connectivity index (χ0) is 14.4. The molecule has 0 radical (unpaired) electrons. The normalized spacial score (nSPS) is 12.5. The van der Waals surface area contributed by atoms with Crippen molar-refractivity contribution >= 4 is 23.3 Å². The minimum absolute atomic E-state index is 0.0899. The molecule has 1 aromatic rings. The van der Waals surface area contributed by atoms with Crippen LogP contribution in [0.1, 0.15) is 34.1 Å². The first kappa shape index (κ1) is 15.8. The van der Waals surface area contributed by atoms with Crippen LogP contribution in [0.2, 0.25) is 0 Å². The number of rotatable bonds is 7. The molecule has 106 valence electrons. The maximum Gasteiger partial charge on any atom is 0.275 e. The highest BCUT2D eigenvalue weighted by Crippen LogP contribution is 2.30. The second-order valence-corrected chi connectivity index (χ2v) is 6.20. The Bertz CT molecular complexity index is 438. The van der Waals surface area contributed by atoms with E-state index in [2.05, 4.69) is 31.1 Å². The monoisotopic (exact) mass is 283 g/mol. The second kappa shape index (κ2) is 7.33. The van der Waals surface area contributed by atoms with Crippen molar-refractivity contribution in [1.82, 2.24) is 4.98 Å². The van der Waals surface area contributed by atoms with E-state index in [-0.39, 0.29) is 10.6 Å². The Labute approximate surface area is 118 Å². The number of pyridine rings is 1. The van der Waals surface area contributed by atoms with Crippen LogP contribution in [-0.2, 0) is 0 Å². The molecule has 0 aliphatic heterocycles. The molecule has 5 nitrogen and oxygen atoms in total. The summed E-state index contributed by atoms with van der Waals surface area (Å²) in [4.78, 5) is 15.0. The summed E-state index contributed by atoms with van der Waals surface area (Å²) in [5.74, 6) is 1.08. The van der Waals surface area contributed by atoms with Gasteiger partial charge in [-0.15, -0.1) is 11.8 Å². The number of anilines is 1. The van der Waals surface area contributed by atoms with Crippen LogP contribution in [0.5, 0.6) is 0 Å². The SMILES string of the molecule is CCCNc1cc([N+](=O)[O-])cc(SC(C)C(C)C)n1. The number of thioether (sulfide) groups is 1. The first-order valence-electron chi connectivity index (χ1n) is 6.51. The van der Waals surface area contributed by atoms with Crippen LogP contribution in [-0.4, -0.2) is 21.7 Å². The van der Waals surface area contributed by atoms with Gasteiger partial charge in [0, 0.05) is 17.9 Å². The topological polar surface area (TPSA) is 68.1 Å². The lowest BCUT2D eigenvalue weighted by Gasteiger charge is -2.14. The van der Waals surface area contributed by atoms with Gasteiger partial charge in [-0.2, -0.15) is 0 Å². The van der Waals surface area contributed by atoms with Gasteiger partial charge in [0.05, 0.1) is 11.0 Å². The lowest BCUT2D eigenvalue weighted by Crippen LogP contribution is -2.07. The van der Waals surface area contributed by atoms with E-state index in [9.17, 15) is 10.1 Å². The Morgan fingerprint density at radius 1 is 1.42 bits per heavy atom. The highest BCUT2D eigenvalue weighted by Gasteiger charge is 2.15. The molecule has 1 N–H and O–H groups in total. The molecule has 0 bridgehead atoms. The van der Waals surface area contributed by atoms with Crippen LogP contribution in [0, 0.1) is 16.0 Å². The summed E-state index contributed by atoms with van der Waals surface area (Å²) in [5, 5.41) is 15.1. The lowest BCUT2D eigenvalue weighted by molar-refractivity contribution is -0.385. The minimum Gasteiger partial charge on any atom is -0.370 e. The summed E-state index contributed by atoms with van der Waals surface area (Å²) >= 11 is 1.58. The predicted molar refractivity (Wildman–Crippen MR) is 79.8 cm³/mol. The fourth-order valence-corrected chi connectivity index (χ4v) is 2.32. The van der Waals surface area contributed by atoms with Crippen molar-refractivity contribution < 1.29 is 4.92 Å². The number of nitrogens with one attached hydrogen (secondary N) is 1. The fourth-order valence-electron chi connectivity index (χ4n) is 1.33. The molecule has 0 saturated carbocycles. The molecule has 1 unspecified atom stereocenters. The maximum absolute atomic E-state index is 10.9. The fraction of sp³-hybridized carbons (Fsp3) is 0.615. The second-order valence-electron chi connectivity index (χ2n) is 4.80. The van der Waals surface area contributed by atoms with Gasteiger partial charge in [-0.25, -0.2) is 4.98 Å². The number of aromatic nitrogens is 1. The highest BCUT2D eigenvalue weighted by molar-refractivity contribution is 7.99. The van der Waals surface area contributed by atoms with Gasteiger partial charge in [-0.05, 0) is 12.3 Å². The maximum atomic E-state index is 10.9. The third-order valence-electron chi connectivity index (χ3n) is 2.80. The van der Waals surface area contributed by atoms with E-state index >= 15 is 0 Å². The van der Waals surface area contributed by atoms with Gasteiger partial charge in [0.15, 0.2) is 0 Å². The quantitative estimate of drug-likeness (QED) is 0.466. The van der Waals surface area contributed by atoms with E-state index < -0.39 is 0 Å². The van der Waals surface area contributed by atoms with Gasteiger partial charge in [-0.1, -0.05) is 27.7 Å². The summed E-state index contributed by atoms with van der Waals surface area (Å²) in [5.41, 5.74) is 0.0899. The van der Waals surface area contributed by atoms with E-state index in [0.29, 0.717) is 22.0 Å². The van der Waals surface area contributed by atoms with Gasteiger partial charge in [0.2, 0.25) is 0 Å². The van der Waals surface area contributed by atoms with Crippen molar-refractivity contribution in [1.29, 1.82) is 0 Å². The molecule has 1 aromatic heterocycles. The number of hydrogen-bond acceptors (Lipinski definition) is 5. The molecule has 0 spiro atoms. The minimum atomic E-state index is -0.372. The van der Waals surface area contributed by atoms with E-state index in [1.54, 1.807) is 17.8 Å². The molecule has 1 heterocycles. The summed E-state index contributed by atoms with van der Waals surface area (Å²) < 4.78 is 0. The predicted octanol–water partition coefficient (Wildman–Crippen LogP) is 3.95. The summed E-state index contributed by atoms with van der Waals surface area (Å²) in [6, 6.07) is 3.03. The van der Waals surface area contributed by atoms with Crippen molar-refractivity contribution in [2.24, 2.45) is 5.92 Å². The Morgan fingerprint density at radius 2 is 2.11 bits per heavy atom. The highest BCUT2D eigenvalue weighted by atomic mass is 32.2. The van der Waals surface area contributed by atoms with E-state index in [0.717, 1.165) is 13.0 Å². The first-order valence-corrected chi connectivity index (χ1v) is 7.39. The van der Waals surface area contributed by atoms with Crippen molar-refractivity contribution in [3.8, 4) is 0 Å². The largest absolute Gasteiger partial charge is 0.370 e. The molecule has 1 rings (SSSR count). The molecule has 0 aliphatic carbocycles. The van der Waals surface area contributed by atoms with Gasteiger partial charge in [-0.3, -0.25) is 10.1 Å². The summed E-state index contributed by atoms with van der Waals surface area (Å²) in [7, 11) is 0. The summed E-state index contributed by atoms with van der Waals surface area (Å²) in [6.45, 7) is 9.17. The molecule has 19 heavy (non-hydrogen) atoms. The Morgan fingerprint density at radius 3 is 2.63 bits per heavy atom. The van der Waals surface area contributed by atoms with Gasteiger partial charge >= 0.3 is 0 Å². The van der Waals surface area contributed by atoms with E-state index in [4.69, 9.17) is 0 Å². The smallest absolute Gasteiger partial charge is 0.275 e. The molecule has 1 atom stereocenters. The third-order valence-corrected chi connectivity index (χ3v) is 4.17. The summed E-state index contributed by atoms with van der Waals surface area (Å²) in [6.07, 6.45) is 0.954. The van der Waals surface area contributed by atoms with Crippen molar-refractivity contribution in [2.75, 3.05) is 11.9 Å². The molecule has 0 fully saturated rings. The van der Waals surface area contributed by atoms with Gasteiger partial charge in [0.25, 0.3) is 5.69 Å². The van der Waals surface area contributed by atoms with Crippen LogP contribution >= 0.6 is 11.8 Å². The van der Waals surface area contributed by atoms with Crippen LogP contribution in [0.3, 0.4) is 0 Å². The Hall–Kier alpha value is -1.30.